The molecule has 0 saturated carbocycles. The Kier molecular flexibility index (Phi) is 10.0. The molecule has 6 N–H and O–H groups in total. The van der Waals surface area contributed by atoms with Gasteiger partial charge >= 0.3 is 0 Å². The maximum absolute atomic E-state index is 11.5. The van der Waals surface area contributed by atoms with Crippen molar-refractivity contribution < 1.29 is 19.7 Å². The molecular weight excluding hydrogens is 524 g/mol. The number of nitrogens with two attached hydrogens (primary N) is 2. The van der Waals surface area contributed by atoms with E-state index in [4.69, 9.17) is 20.9 Å². The number of unbranched alkanes of at least 4 members (excludes halogenated alkanes) is 2. The van der Waals surface area contributed by atoms with Crippen molar-refractivity contribution >= 4 is 0 Å². The van der Waals surface area contributed by atoms with Gasteiger partial charge in [0.1, 0.15) is 23.0 Å². The minimum absolute atomic E-state index is 0.298. The van der Waals surface area contributed by atoms with E-state index in [1.165, 1.54) is 0 Å². The van der Waals surface area contributed by atoms with Crippen molar-refractivity contribution in [1.82, 2.24) is 0 Å². The number of hydrogen-bond acceptors (Lipinski definition) is 6. The largest absolute Gasteiger partial charge is 0.507 e. The minimum Gasteiger partial charge on any atom is -0.507 e. The number of rotatable bonds is 10. The molecule has 0 atom stereocenters. The Morgan fingerprint density at radius 3 is 1.02 bits per heavy atom. The molecule has 0 aliphatic heterocycles. The van der Waals surface area contributed by atoms with Crippen LogP contribution in [0.25, 0.3) is 0 Å². The first-order valence-corrected chi connectivity index (χ1v) is 15.1. The third kappa shape index (κ3) is 6.89. The van der Waals surface area contributed by atoms with Gasteiger partial charge < -0.3 is 31.2 Å². The van der Waals surface area contributed by atoms with Crippen molar-refractivity contribution in [2.24, 2.45) is 11.5 Å². The van der Waals surface area contributed by atoms with Gasteiger partial charge in [-0.25, -0.2) is 0 Å². The van der Waals surface area contributed by atoms with Gasteiger partial charge in [-0.05, 0) is 83.3 Å². The summed E-state index contributed by atoms with van der Waals surface area (Å²) in [5.74, 6) is 2.22. The highest BCUT2D eigenvalue weighted by atomic mass is 16.5. The number of hydrogen-bond donors (Lipinski definition) is 4. The van der Waals surface area contributed by atoms with E-state index in [0.717, 1.165) is 81.7 Å². The number of aromatic hydroxyl groups is 2. The average Bonchev–Trinajstić information content (AvgIpc) is 2.99. The predicted octanol–water partition coefficient (Wildman–Crippen LogP) is 6.01. The second kappa shape index (κ2) is 14.3. The number of phenols is 2. The lowest BCUT2D eigenvalue weighted by molar-refractivity contribution is 0.302. The van der Waals surface area contributed by atoms with Gasteiger partial charge in [-0.1, -0.05) is 72.8 Å². The zero-order valence-electron chi connectivity index (χ0n) is 24.3. The molecule has 0 saturated heterocycles. The van der Waals surface area contributed by atoms with Gasteiger partial charge in [0.05, 0.1) is 13.2 Å². The molecule has 220 valence electrons. The van der Waals surface area contributed by atoms with E-state index in [1.807, 2.05) is 48.5 Å². The molecule has 0 fully saturated rings. The highest BCUT2D eigenvalue weighted by molar-refractivity contribution is 5.55. The van der Waals surface area contributed by atoms with E-state index >= 15 is 0 Å². The number of phenolic OH excluding ortho intramolecular Hbond substituents is 2. The van der Waals surface area contributed by atoms with Crippen molar-refractivity contribution in [2.75, 3.05) is 26.3 Å². The molecule has 0 unspecified atom stereocenters. The minimum atomic E-state index is 0.298. The molecule has 1 aliphatic rings. The first-order chi connectivity index (χ1) is 20.6. The molecule has 42 heavy (non-hydrogen) atoms. The summed E-state index contributed by atoms with van der Waals surface area (Å²) in [6, 6.07) is 24.2. The van der Waals surface area contributed by atoms with Crippen molar-refractivity contribution in [1.29, 1.82) is 0 Å². The number of benzene rings is 4. The fourth-order valence-electron chi connectivity index (χ4n) is 5.73. The summed E-state index contributed by atoms with van der Waals surface area (Å²) in [6.07, 6.45) is 5.59. The molecule has 8 bridgehead atoms. The Hall–Kier alpha value is -4.00. The number of fused-ring (bicyclic) bond motifs is 8. The van der Waals surface area contributed by atoms with Gasteiger partial charge in [-0.2, -0.15) is 0 Å². The van der Waals surface area contributed by atoms with E-state index in [-0.39, 0.29) is 0 Å². The molecule has 6 heteroatoms. The topological polar surface area (TPSA) is 111 Å². The summed E-state index contributed by atoms with van der Waals surface area (Å²) < 4.78 is 12.8. The monoisotopic (exact) mass is 566 g/mol. The Balaban J connectivity index is 1.62. The van der Waals surface area contributed by atoms with Gasteiger partial charge in [0.25, 0.3) is 0 Å². The molecule has 1 aliphatic carbocycles. The fourth-order valence-corrected chi connectivity index (χ4v) is 5.73. The first-order valence-electron chi connectivity index (χ1n) is 15.1. The van der Waals surface area contributed by atoms with Crippen molar-refractivity contribution in [2.45, 2.75) is 51.4 Å². The molecule has 0 amide bonds. The zero-order chi connectivity index (χ0) is 29.3. The van der Waals surface area contributed by atoms with Crippen LogP contribution in [0.1, 0.15) is 70.2 Å². The molecule has 4 aromatic carbocycles. The van der Waals surface area contributed by atoms with Crippen LogP contribution in [0.15, 0.2) is 72.8 Å². The molecule has 6 nitrogen and oxygen atoms in total. The SMILES string of the molecule is NCCCCOc1c2cccc1Cc1cccc(c1O)Cc1cccc(c1OCCCCN)Cc1cccc(c1O)C2. The fraction of sp³-hybridized carbons (Fsp3) is 0.333. The lowest BCUT2D eigenvalue weighted by Gasteiger charge is -2.20. The summed E-state index contributed by atoms with van der Waals surface area (Å²) >= 11 is 0. The van der Waals surface area contributed by atoms with E-state index in [1.54, 1.807) is 0 Å². The summed E-state index contributed by atoms with van der Waals surface area (Å²) in [5, 5.41) is 23.0. The second-order valence-electron chi connectivity index (χ2n) is 11.1. The molecule has 5 rings (SSSR count). The molecular formula is C36H42N2O4. The Labute approximate surface area is 248 Å². The number of ether oxygens (including phenoxy) is 2. The third-order valence-corrected chi connectivity index (χ3v) is 7.98. The summed E-state index contributed by atoms with van der Waals surface area (Å²) in [7, 11) is 0. The number of para-hydroxylation sites is 4. The molecule has 4 aromatic rings. The smallest absolute Gasteiger partial charge is 0.126 e. The summed E-state index contributed by atoms with van der Waals surface area (Å²) in [6.45, 7) is 2.37. The van der Waals surface area contributed by atoms with Crippen LogP contribution in [0, 0.1) is 0 Å². The normalized spacial score (nSPS) is 12.6. The van der Waals surface area contributed by atoms with E-state index < -0.39 is 0 Å². The van der Waals surface area contributed by atoms with Crippen molar-refractivity contribution in [3.63, 3.8) is 0 Å². The van der Waals surface area contributed by atoms with Gasteiger partial charge in [0.15, 0.2) is 0 Å². The average molecular weight is 567 g/mol. The first kappa shape index (κ1) is 29.5. The van der Waals surface area contributed by atoms with E-state index in [0.29, 0.717) is 63.5 Å². The van der Waals surface area contributed by atoms with Gasteiger partial charge in [0, 0.05) is 25.7 Å². The molecule has 0 radical (unpaired) electrons. The second-order valence-corrected chi connectivity index (χ2v) is 11.1. The maximum atomic E-state index is 11.5. The van der Waals surface area contributed by atoms with Crippen LogP contribution >= 0.6 is 0 Å². The Bertz CT molecular complexity index is 1300. The third-order valence-electron chi connectivity index (χ3n) is 7.98. The lowest BCUT2D eigenvalue weighted by atomic mass is 9.91. The van der Waals surface area contributed by atoms with Crippen molar-refractivity contribution in [3.8, 4) is 23.0 Å². The quantitative estimate of drug-likeness (QED) is 0.154. The maximum Gasteiger partial charge on any atom is 0.126 e. The van der Waals surface area contributed by atoms with Crippen molar-refractivity contribution in [3.05, 3.63) is 117 Å². The predicted molar refractivity (Wildman–Crippen MR) is 168 cm³/mol. The summed E-state index contributed by atoms with van der Waals surface area (Å²) in [4.78, 5) is 0. The van der Waals surface area contributed by atoms with Crippen LogP contribution in [0.2, 0.25) is 0 Å². The lowest BCUT2D eigenvalue weighted by Crippen LogP contribution is -2.08. The van der Waals surface area contributed by atoms with E-state index in [2.05, 4.69) is 24.3 Å². The van der Waals surface area contributed by atoms with Gasteiger partial charge in [0.2, 0.25) is 0 Å². The van der Waals surface area contributed by atoms with Crippen LogP contribution in [-0.2, 0) is 25.7 Å². The van der Waals surface area contributed by atoms with Crippen LogP contribution in [-0.4, -0.2) is 36.5 Å². The van der Waals surface area contributed by atoms with Crippen LogP contribution in [0.5, 0.6) is 23.0 Å². The Morgan fingerprint density at radius 1 is 0.452 bits per heavy atom. The van der Waals surface area contributed by atoms with Crippen LogP contribution < -0.4 is 20.9 Å². The highest BCUT2D eigenvalue weighted by Crippen LogP contribution is 2.38. The standard InChI is InChI=1S/C36H42N2O4/c37-17-1-3-19-41-35-29-13-7-14-30(35)22-26-10-6-12-28(34(26)40)24-32-16-8-15-31(36(32)42-20-4-2-18-38)23-27-11-5-9-25(21-29)33(27)39/h5-16,39-40H,1-4,17-24,37-38H2. The summed E-state index contributed by atoms with van der Waals surface area (Å²) in [5.41, 5.74) is 18.8. The van der Waals surface area contributed by atoms with Gasteiger partial charge in [-0.15, -0.1) is 0 Å². The zero-order valence-corrected chi connectivity index (χ0v) is 24.3. The van der Waals surface area contributed by atoms with E-state index in [9.17, 15) is 10.2 Å². The van der Waals surface area contributed by atoms with Crippen LogP contribution in [0.3, 0.4) is 0 Å². The molecule has 0 aromatic heterocycles. The van der Waals surface area contributed by atoms with Gasteiger partial charge in [-0.3, -0.25) is 0 Å². The molecule has 0 heterocycles. The Morgan fingerprint density at radius 2 is 0.738 bits per heavy atom. The highest BCUT2D eigenvalue weighted by Gasteiger charge is 2.20. The molecule has 0 spiro atoms. The van der Waals surface area contributed by atoms with Crippen LogP contribution in [0.4, 0.5) is 0 Å².